The summed E-state index contributed by atoms with van der Waals surface area (Å²) in [6.07, 6.45) is 2.33. The van der Waals surface area contributed by atoms with Crippen LogP contribution >= 0.6 is 0 Å². The standard InChI is InChI=1S/C13H18N2O/c1-10-4-3-7-15(9-10)13(16)11-5-2-6-12(14)8-11/h2,5-6,8,10H,3-4,7,9,14H2,1H3. The molecule has 86 valence electrons. The molecule has 1 saturated heterocycles. The number of anilines is 1. The first-order chi connectivity index (χ1) is 7.66. The molecular weight excluding hydrogens is 200 g/mol. The quantitative estimate of drug-likeness (QED) is 0.734. The molecule has 1 amide bonds. The molecule has 1 aliphatic heterocycles. The van der Waals surface area contributed by atoms with Crippen molar-refractivity contribution in [1.82, 2.24) is 4.90 Å². The fourth-order valence-electron chi connectivity index (χ4n) is 2.23. The van der Waals surface area contributed by atoms with E-state index in [4.69, 9.17) is 5.73 Å². The third-order valence-electron chi connectivity index (χ3n) is 3.08. The van der Waals surface area contributed by atoms with Crippen molar-refractivity contribution in [3.05, 3.63) is 29.8 Å². The number of nitrogen functional groups attached to an aromatic ring is 1. The zero-order valence-corrected chi connectivity index (χ0v) is 9.65. The molecule has 16 heavy (non-hydrogen) atoms. The summed E-state index contributed by atoms with van der Waals surface area (Å²) < 4.78 is 0. The highest BCUT2D eigenvalue weighted by Crippen LogP contribution is 2.18. The van der Waals surface area contributed by atoms with Crippen molar-refractivity contribution in [2.45, 2.75) is 19.8 Å². The first kappa shape index (κ1) is 11.0. The van der Waals surface area contributed by atoms with E-state index in [1.165, 1.54) is 6.42 Å². The topological polar surface area (TPSA) is 46.3 Å². The zero-order chi connectivity index (χ0) is 11.5. The van der Waals surface area contributed by atoms with Crippen LogP contribution in [0.2, 0.25) is 0 Å². The number of carbonyl (C=O) groups is 1. The maximum Gasteiger partial charge on any atom is 0.253 e. The Kier molecular flexibility index (Phi) is 3.13. The molecule has 1 heterocycles. The van der Waals surface area contributed by atoms with Gasteiger partial charge in [0, 0.05) is 24.3 Å². The second kappa shape index (κ2) is 4.56. The van der Waals surface area contributed by atoms with Gasteiger partial charge in [0.2, 0.25) is 0 Å². The van der Waals surface area contributed by atoms with E-state index in [0.717, 1.165) is 19.5 Å². The summed E-state index contributed by atoms with van der Waals surface area (Å²) in [5, 5.41) is 0. The minimum Gasteiger partial charge on any atom is -0.399 e. The largest absolute Gasteiger partial charge is 0.399 e. The molecule has 0 bridgehead atoms. The van der Waals surface area contributed by atoms with Gasteiger partial charge < -0.3 is 10.6 Å². The summed E-state index contributed by atoms with van der Waals surface area (Å²) in [4.78, 5) is 14.1. The van der Waals surface area contributed by atoms with Gasteiger partial charge in [0.05, 0.1) is 0 Å². The molecule has 1 aromatic carbocycles. The van der Waals surface area contributed by atoms with Crippen LogP contribution in [0.3, 0.4) is 0 Å². The van der Waals surface area contributed by atoms with E-state index in [1.807, 2.05) is 17.0 Å². The molecule has 1 atom stereocenters. The van der Waals surface area contributed by atoms with Gasteiger partial charge in [0.25, 0.3) is 5.91 Å². The molecule has 0 spiro atoms. The van der Waals surface area contributed by atoms with E-state index in [0.29, 0.717) is 17.2 Å². The Morgan fingerprint density at radius 3 is 3.00 bits per heavy atom. The van der Waals surface area contributed by atoms with Crippen molar-refractivity contribution in [3.8, 4) is 0 Å². The highest BCUT2D eigenvalue weighted by Gasteiger charge is 2.21. The Hall–Kier alpha value is -1.51. The monoisotopic (exact) mass is 218 g/mol. The molecule has 0 aliphatic carbocycles. The van der Waals surface area contributed by atoms with Crippen molar-refractivity contribution in [1.29, 1.82) is 0 Å². The van der Waals surface area contributed by atoms with Gasteiger partial charge in [-0.25, -0.2) is 0 Å². The van der Waals surface area contributed by atoms with E-state index in [-0.39, 0.29) is 5.91 Å². The number of hydrogen-bond donors (Lipinski definition) is 1. The summed E-state index contributed by atoms with van der Waals surface area (Å²) in [5.41, 5.74) is 7.03. The van der Waals surface area contributed by atoms with Crippen LogP contribution in [0.1, 0.15) is 30.1 Å². The third-order valence-corrected chi connectivity index (χ3v) is 3.08. The number of rotatable bonds is 1. The zero-order valence-electron chi connectivity index (χ0n) is 9.65. The Morgan fingerprint density at radius 2 is 2.31 bits per heavy atom. The third kappa shape index (κ3) is 2.35. The molecule has 0 saturated carbocycles. The van der Waals surface area contributed by atoms with Crippen LogP contribution in [0.5, 0.6) is 0 Å². The summed E-state index contributed by atoms with van der Waals surface area (Å²) in [6.45, 7) is 3.93. The fraction of sp³-hybridized carbons (Fsp3) is 0.462. The number of hydrogen-bond acceptors (Lipinski definition) is 2. The predicted octanol–water partition coefficient (Wildman–Crippen LogP) is 2.14. The molecular formula is C13H18N2O. The SMILES string of the molecule is CC1CCCN(C(=O)c2cccc(N)c2)C1. The summed E-state index contributed by atoms with van der Waals surface area (Å²) in [7, 11) is 0. The van der Waals surface area contributed by atoms with E-state index in [2.05, 4.69) is 6.92 Å². The number of carbonyl (C=O) groups excluding carboxylic acids is 1. The average Bonchev–Trinajstić information content (AvgIpc) is 2.28. The smallest absolute Gasteiger partial charge is 0.253 e. The van der Waals surface area contributed by atoms with Gasteiger partial charge in [0.15, 0.2) is 0 Å². The van der Waals surface area contributed by atoms with E-state index < -0.39 is 0 Å². The lowest BCUT2D eigenvalue weighted by Gasteiger charge is -2.31. The average molecular weight is 218 g/mol. The van der Waals surface area contributed by atoms with Gasteiger partial charge in [-0.2, -0.15) is 0 Å². The molecule has 3 nitrogen and oxygen atoms in total. The molecule has 1 fully saturated rings. The Bertz CT molecular complexity index is 389. The summed E-state index contributed by atoms with van der Waals surface area (Å²) >= 11 is 0. The number of benzene rings is 1. The van der Waals surface area contributed by atoms with Crippen LogP contribution in [0, 0.1) is 5.92 Å². The molecule has 1 aliphatic rings. The maximum atomic E-state index is 12.2. The Morgan fingerprint density at radius 1 is 1.50 bits per heavy atom. The van der Waals surface area contributed by atoms with Crippen LogP contribution in [-0.2, 0) is 0 Å². The van der Waals surface area contributed by atoms with Gasteiger partial charge in [-0.05, 0) is 37.0 Å². The normalized spacial score (nSPS) is 20.8. The lowest BCUT2D eigenvalue weighted by atomic mass is 9.99. The maximum absolute atomic E-state index is 12.2. The predicted molar refractivity (Wildman–Crippen MR) is 65.2 cm³/mol. The highest BCUT2D eigenvalue weighted by atomic mass is 16.2. The number of likely N-dealkylation sites (tertiary alicyclic amines) is 1. The van der Waals surface area contributed by atoms with Crippen LogP contribution in [-0.4, -0.2) is 23.9 Å². The molecule has 1 unspecified atom stereocenters. The van der Waals surface area contributed by atoms with Gasteiger partial charge in [0.1, 0.15) is 0 Å². The number of nitrogens with zero attached hydrogens (tertiary/aromatic N) is 1. The summed E-state index contributed by atoms with van der Waals surface area (Å²) in [6, 6.07) is 7.21. The molecule has 1 aromatic rings. The number of nitrogens with two attached hydrogens (primary N) is 1. The number of piperidine rings is 1. The van der Waals surface area contributed by atoms with E-state index in [1.54, 1.807) is 12.1 Å². The lowest BCUT2D eigenvalue weighted by molar-refractivity contribution is 0.0683. The molecule has 0 aromatic heterocycles. The van der Waals surface area contributed by atoms with Crippen molar-refractivity contribution in [2.75, 3.05) is 18.8 Å². The first-order valence-electron chi connectivity index (χ1n) is 5.81. The molecule has 3 heteroatoms. The van der Waals surface area contributed by atoms with Crippen LogP contribution in [0.25, 0.3) is 0 Å². The van der Waals surface area contributed by atoms with Crippen LogP contribution < -0.4 is 5.73 Å². The summed E-state index contributed by atoms with van der Waals surface area (Å²) in [5.74, 6) is 0.720. The van der Waals surface area contributed by atoms with Gasteiger partial charge >= 0.3 is 0 Å². The van der Waals surface area contributed by atoms with Gasteiger partial charge in [-0.15, -0.1) is 0 Å². The van der Waals surface area contributed by atoms with Crippen molar-refractivity contribution >= 4 is 11.6 Å². The van der Waals surface area contributed by atoms with Crippen LogP contribution in [0.15, 0.2) is 24.3 Å². The van der Waals surface area contributed by atoms with E-state index >= 15 is 0 Å². The van der Waals surface area contributed by atoms with Gasteiger partial charge in [-0.1, -0.05) is 13.0 Å². The Labute approximate surface area is 96.2 Å². The fourth-order valence-corrected chi connectivity index (χ4v) is 2.23. The van der Waals surface area contributed by atoms with Crippen molar-refractivity contribution < 1.29 is 4.79 Å². The Balaban J connectivity index is 2.12. The van der Waals surface area contributed by atoms with E-state index in [9.17, 15) is 4.79 Å². The first-order valence-corrected chi connectivity index (χ1v) is 5.81. The minimum atomic E-state index is 0.110. The van der Waals surface area contributed by atoms with Gasteiger partial charge in [-0.3, -0.25) is 4.79 Å². The van der Waals surface area contributed by atoms with Crippen molar-refractivity contribution in [2.24, 2.45) is 5.92 Å². The second-order valence-corrected chi connectivity index (χ2v) is 4.62. The molecule has 2 N–H and O–H groups in total. The molecule has 2 rings (SSSR count). The molecule has 0 radical (unpaired) electrons. The van der Waals surface area contributed by atoms with Crippen LogP contribution in [0.4, 0.5) is 5.69 Å². The lowest BCUT2D eigenvalue weighted by Crippen LogP contribution is -2.39. The second-order valence-electron chi connectivity index (χ2n) is 4.62. The highest BCUT2D eigenvalue weighted by molar-refractivity contribution is 5.95. The van der Waals surface area contributed by atoms with Crippen molar-refractivity contribution in [3.63, 3.8) is 0 Å². The minimum absolute atomic E-state index is 0.110. The number of amides is 1.